The monoisotopic (exact) mass is 234 g/mol. The Kier molecular flexibility index (Phi) is 5.35. The molecule has 0 amide bonds. The summed E-state index contributed by atoms with van der Waals surface area (Å²) in [6, 6.07) is 0. The molecular weight excluding hydrogens is 216 g/mol. The first-order valence-corrected chi connectivity index (χ1v) is 8.04. The van der Waals surface area contributed by atoms with Gasteiger partial charge in [0.05, 0.1) is 8.80 Å². The summed E-state index contributed by atoms with van der Waals surface area (Å²) in [5, 5.41) is 0. The number of allylic oxidation sites excluding steroid dienone is 1. The maximum Gasteiger partial charge on any atom is 0.0509 e. The van der Waals surface area contributed by atoms with Crippen molar-refractivity contribution < 1.29 is 0 Å². The van der Waals surface area contributed by atoms with Crippen LogP contribution in [0.25, 0.3) is 0 Å². The molecule has 0 aromatic rings. The molecule has 1 atom stereocenters. The first-order valence-electron chi connectivity index (χ1n) is 4.36. The van der Waals surface area contributed by atoms with Gasteiger partial charge in [-0.3, -0.25) is 0 Å². The first kappa shape index (κ1) is 11.4. The fourth-order valence-electron chi connectivity index (χ4n) is 1.28. The van der Waals surface area contributed by atoms with Crippen LogP contribution in [0.2, 0.25) is 13.1 Å². The highest BCUT2D eigenvalue weighted by Gasteiger charge is 2.28. The van der Waals surface area contributed by atoms with Gasteiger partial charge in [-0.25, -0.2) is 0 Å². The topological polar surface area (TPSA) is 0 Å². The van der Waals surface area contributed by atoms with Crippen LogP contribution in [-0.4, -0.2) is 12.7 Å². The summed E-state index contributed by atoms with van der Waals surface area (Å²) in [4.78, 5) is 0. The largest absolute Gasteiger partial charge is 0.103 e. The standard InChI is InChI=1S/C9H19BrSi/c1-5-7-9(10,8-6-2)11(3)4/h5,11H,1,6-8H2,2-4H3. The second-order valence-corrected chi connectivity index (χ2v) is 9.27. The molecule has 0 saturated heterocycles. The molecule has 0 N–H and O–H groups in total. The lowest BCUT2D eigenvalue weighted by Crippen LogP contribution is -2.34. The van der Waals surface area contributed by atoms with Crippen molar-refractivity contribution in [3.05, 3.63) is 12.7 Å². The normalized spacial score (nSPS) is 16.5. The molecular formula is C9H19BrSi. The van der Waals surface area contributed by atoms with Crippen LogP contribution in [0, 0.1) is 0 Å². The average molecular weight is 235 g/mol. The van der Waals surface area contributed by atoms with Crippen LogP contribution in [0.15, 0.2) is 12.7 Å². The Morgan fingerprint density at radius 2 is 2.09 bits per heavy atom. The maximum atomic E-state index is 3.86. The molecule has 0 nitrogen and oxygen atoms in total. The highest BCUT2D eigenvalue weighted by Crippen LogP contribution is 2.31. The quantitative estimate of drug-likeness (QED) is 0.388. The molecule has 2 heteroatoms. The number of halogens is 1. The zero-order valence-corrected chi connectivity index (χ0v) is 10.6. The minimum atomic E-state index is -0.590. The van der Waals surface area contributed by atoms with E-state index in [4.69, 9.17) is 0 Å². The van der Waals surface area contributed by atoms with Gasteiger partial charge in [-0.1, -0.05) is 48.4 Å². The van der Waals surface area contributed by atoms with Gasteiger partial charge in [0, 0.05) is 3.95 Å². The summed E-state index contributed by atoms with van der Waals surface area (Å²) in [5.41, 5.74) is 0. The molecule has 66 valence electrons. The SMILES string of the molecule is C=CCC(Br)(CCC)[SiH](C)C. The molecule has 0 aliphatic carbocycles. The maximum absolute atomic E-state index is 3.86. The summed E-state index contributed by atoms with van der Waals surface area (Å²) < 4.78 is 0.434. The zero-order valence-electron chi connectivity index (χ0n) is 7.86. The molecule has 0 fully saturated rings. The van der Waals surface area contributed by atoms with Gasteiger partial charge in [0.25, 0.3) is 0 Å². The van der Waals surface area contributed by atoms with Gasteiger partial charge >= 0.3 is 0 Å². The molecule has 0 radical (unpaired) electrons. The summed E-state index contributed by atoms with van der Waals surface area (Å²) in [6.45, 7) is 10.8. The van der Waals surface area contributed by atoms with E-state index >= 15 is 0 Å². The van der Waals surface area contributed by atoms with Gasteiger partial charge in [0.2, 0.25) is 0 Å². The van der Waals surface area contributed by atoms with Crippen molar-refractivity contribution in [3.8, 4) is 0 Å². The average Bonchev–Trinajstić information content (AvgIpc) is 1.88. The van der Waals surface area contributed by atoms with Gasteiger partial charge in [0.1, 0.15) is 0 Å². The predicted octanol–water partition coefficient (Wildman–Crippen LogP) is 3.52. The van der Waals surface area contributed by atoms with Crippen molar-refractivity contribution in [2.45, 2.75) is 43.2 Å². The molecule has 11 heavy (non-hydrogen) atoms. The van der Waals surface area contributed by atoms with Crippen LogP contribution in [0.1, 0.15) is 26.2 Å². The van der Waals surface area contributed by atoms with E-state index in [1.807, 2.05) is 6.08 Å². The highest BCUT2D eigenvalue weighted by molar-refractivity contribution is 9.10. The Labute approximate surface area is 80.8 Å². The molecule has 0 aromatic heterocycles. The third kappa shape index (κ3) is 3.56. The van der Waals surface area contributed by atoms with Gasteiger partial charge in [-0.2, -0.15) is 0 Å². The molecule has 0 rings (SSSR count). The van der Waals surface area contributed by atoms with Gasteiger partial charge < -0.3 is 0 Å². The van der Waals surface area contributed by atoms with E-state index < -0.39 is 8.80 Å². The Hall–Kier alpha value is 0.437. The highest BCUT2D eigenvalue weighted by atomic mass is 79.9. The molecule has 0 bridgehead atoms. The van der Waals surface area contributed by atoms with Crippen molar-refractivity contribution >= 4 is 24.7 Å². The summed E-state index contributed by atoms with van der Waals surface area (Å²) in [7, 11) is -0.590. The molecule has 0 aromatic carbocycles. The fourth-order valence-corrected chi connectivity index (χ4v) is 3.41. The van der Waals surface area contributed by atoms with Crippen LogP contribution in [-0.2, 0) is 0 Å². The third-order valence-corrected chi connectivity index (χ3v) is 8.25. The summed E-state index contributed by atoms with van der Waals surface area (Å²) >= 11 is 3.86. The van der Waals surface area contributed by atoms with E-state index in [1.165, 1.54) is 12.8 Å². The van der Waals surface area contributed by atoms with Gasteiger partial charge in [-0.15, -0.1) is 6.58 Å². The van der Waals surface area contributed by atoms with Gasteiger partial charge in [0.15, 0.2) is 0 Å². The van der Waals surface area contributed by atoms with Crippen molar-refractivity contribution in [1.29, 1.82) is 0 Å². The van der Waals surface area contributed by atoms with Crippen molar-refractivity contribution in [2.75, 3.05) is 0 Å². The van der Waals surface area contributed by atoms with Crippen molar-refractivity contribution in [2.24, 2.45) is 0 Å². The molecule has 0 spiro atoms. The van der Waals surface area contributed by atoms with Crippen LogP contribution in [0.3, 0.4) is 0 Å². The first-order chi connectivity index (χ1) is 5.06. The fraction of sp³-hybridized carbons (Fsp3) is 0.778. The smallest absolute Gasteiger partial charge is 0.0509 e. The zero-order chi connectivity index (χ0) is 8.91. The lowest BCUT2D eigenvalue weighted by Gasteiger charge is -2.29. The lowest BCUT2D eigenvalue weighted by atomic mass is 10.2. The van der Waals surface area contributed by atoms with Crippen molar-refractivity contribution in [3.63, 3.8) is 0 Å². The molecule has 0 heterocycles. The Balaban J connectivity index is 4.12. The van der Waals surface area contributed by atoms with E-state index in [2.05, 4.69) is 42.5 Å². The molecule has 0 aliphatic rings. The van der Waals surface area contributed by atoms with E-state index in [0.29, 0.717) is 3.95 Å². The van der Waals surface area contributed by atoms with Gasteiger partial charge in [-0.05, 0) is 12.8 Å². The van der Waals surface area contributed by atoms with Crippen LogP contribution in [0.5, 0.6) is 0 Å². The van der Waals surface area contributed by atoms with Crippen molar-refractivity contribution in [1.82, 2.24) is 0 Å². The molecule has 0 saturated carbocycles. The Morgan fingerprint density at radius 3 is 2.36 bits per heavy atom. The second kappa shape index (κ2) is 5.15. The second-order valence-electron chi connectivity index (χ2n) is 3.43. The number of hydrogen-bond donors (Lipinski definition) is 0. The van der Waals surface area contributed by atoms with E-state index in [1.54, 1.807) is 0 Å². The minimum Gasteiger partial charge on any atom is -0.103 e. The van der Waals surface area contributed by atoms with E-state index in [-0.39, 0.29) is 0 Å². The van der Waals surface area contributed by atoms with Crippen LogP contribution < -0.4 is 0 Å². The number of rotatable bonds is 5. The Morgan fingerprint density at radius 1 is 1.55 bits per heavy atom. The summed E-state index contributed by atoms with van der Waals surface area (Å²) in [5.74, 6) is 0. The summed E-state index contributed by atoms with van der Waals surface area (Å²) in [6.07, 6.45) is 5.73. The Bertz CT molecular complexity index is 123. The van der Waals surface area contributed by atoms with Crippen LogP contribution in [0.4, 0.5) is 0 Å². The molecule has 0 aliphatic heterocycles. The third-order valence-electron chi connectivity index (χ3n) is 2.18. The number of hydrogen-bond acceptors (Lipinski definition) is 0. The predicted molar refractivity (Wildman–Crippen MR) is 60.3 cm³/mol. The van der Waals surface area contributed by atoms with E-state index in [0.717, 1.165) is 6.42 Å². The van der Waals surface area contributed by atoms with E-state index in [9.17, 15) is 0 Å². The molecule has 1 unspecified atom stereocenters. The minimum absolute atomic E-state index is 0.434. The number of alkyl halides is 1. The lowest BCUT2D eigenvalue weighted by molar-refractivity contribution is 0.690. The van der Waals surface area contributed by atoms with Crippen LogP contribution >= 0.6 is 15.9 Å².